The lowest BCUT2D eigenvalue weighted by molar-refractivity contribution is 0.0465. The fourth-order valence-electron chi connectivity index (χ4n) is 3.26. The van der Waals surface area contributed by atoms with Crippen molar-refractivity contribution in [2.75, 3.05) is 0 Å². The highest BCUT2D eigenvalue weighted by atomic mass is 16.5. The van der Waals surface area contributed by atoms with Gasteiger partial charge < -0.3 is 4.74 Å². The summed E-state index contributed by atoms with van der Waals surface area (Å²) in [5.74, 6) is -0.915. The number of hydrogen-bond donors (Lipinski definition) is 0. The van der Waals surface area contributed by atoms with Crippen LogP contribution in [0.3, 0.4) is 0 Å². The van der Waals surface area contributed by atoms with Crippen LogP contribution in [0.5, 0.6) is 0 Å². The molecule has 148 valence electrons. The van der Waals surface area contributed by atoms with E-state index in [1.807, 2.05) is 19.1 Å². The third-order valence-electron chi connectivity index (χ3n) is 4.71. The molecule has 30 heavy (non-hydrogen) atoms. The maximum absolute atomic E-state index is 12.8. The van der Waals surface area contributed by atoms with Gasteiger partial charge in [-0.1, -0.05) is 54.6 Å². The van der Waals surface area contributed by atoms with Gasteiger partial charge in [0.15, 0.2) is 5.78 Å². The maximum atomic E-state index is 12.8. The number of rotatable bonds is 5. The van der Waals surface area contributed by atoms with Crippen LogP contribution < -0.4 is 5.56 Å². The van der Waals surface area contributed by atoms with Crippen LogP contribution in [0.1, 0.15) is 37.7 Å². The zero-order chi connectivity index (χ0) is 21.1. The molecular formula is C24H18N2O4. The molecular weight excluding hydrogens is 380 g/mol. The van der Waals surface area contributed by atoms with Gasteiger partial charge >= 0.3 is 5.97 Å². The molecule has 0 aliphatic heterocycles. The van der Waals surface area contributed by atoms with Gasteiger partial charge in [-0.2, -0.15) is 0 Å². The SMILES string of the molecule is Cc1cccc2nc(COC(=O)c3ccccc3C(=O)c3ccccc3)cc(=O)n12. The standard InChI is InChI=1S/C24H18N2O4/c1-16-8-7-13-21-25-18(14-22(27)26(16)21)15-30-24(29)20-12-6-5-11-19(20)23(28)17-9-3-2-4-10-17/h2-14H,15H2,1H3. The zero-order valence-corrected chi connectivity index (χ0v) is 16.2. The van der Waals surface area contributed by atoms with Crippen LogP contribution in [0.4, 0.5) is 0 Å². The van der Waals surface area contributed by atoms with E-state index in [0.29, 0.717) is 16.9 Å². The minimum absolute atomic E-state index is 0.166. The third-order valence-corrected chi connectivity index (χ3v) is 4.71. The number of esters is 1. The number of nitrogens with zero attached hydrogens (tertiary/aromatic N) is 2. The molecule has 0 radical (unpaired) electrons. The van der Waals surface area contributed by atoms with Crippen molar-refractivity contribution in [3.63, 3.8) is 0 Å². The highest BCUT2D eigenvalue weighted by Gasteiger charge is 2.19. The first-order valence-corrected chi connectivity index (χ1v) is 9.39. The molecule has 0 fully saturated rings. The van der Waals surface area contributed by atoms with Gasteiger partial charge in [0.1, 0.15) is 12.3 Å². The summed E-state index contributed by atoms with van der Waals surface area (Å²) in [6, 6.07) is 21.9. The predicted octanol–water partition coefficient (Wildman–Crippen LogP) is 3.59. The van der Waals surface area contributed by atoms with E-state index >= 15 is 0 Å². The normalized spacial score (nSPS) is 10.7. The monoisotopic (exact) mass is 398 g/mol. The molecule has 0 N–H and O–H groups in total. The van der Waals surface area contributed by atoms with Crippen molar-refractivity contribution in [2.24, 2.45) is 0 Å². The highest BCUT2D eigenvalue weighted by Crippen LogP contribution is 2.16. The molecule has 0 amide bonds. The van der Waals surface area contributed by atoms with Gasteiger partial charge in [0.05, 0.1) is 11.3 Å². The molecule has 0 bridgehead atoms. The zero-order valence-electron chi connectivity index (χ0n) is 16.2. The fraction of sp³-hybridized carbons (Fsp3) is 0.0833. The van der Waals surface area contributed by atoms with E-state index in [4.69, 9.17) is 4.74 Å². The minimum Gasteiger partial charge on any atom is -0.456 e. The quantitative estimate of drug-likeness (QED) is 0.379. The first-order valence-electron chi connectivity index (χ1n) is 9.39. The summed E-state index contributed by atoms with van der Waals surface area (Å²) in [5.41, 5.74) is 2.25. The number of carbonyl (C=O) groups is 2. The molecule has 2 aromatic heterocycles. The highest BCUT2D eigenvalue weighted by molar-refractivity contribution is 6.14. The summed E-state index contributed by atoms with van der Waals surface area (Å²) in [5, 5.41) is 0. The van der Waals surface area contributed by atoms with Crippen molar-refractivity contribution >= 4 is 17.4 Å². The topological polar surface area (TPSA) is 77.7 Å². The number of benzene rings is 2. The Hall–Kier alpha value is -4.06. The fourth-order valence-corrected chi connectivity index (χ4v) is 3.26. The van der Waals surface area contributed by atoms with Gasteiger partial charge in [-0.25, -0.2) is 9.78 Å². The lowest BCUT2D eigenvalue weighted by atomic mass is 9.98. The Bertz CT molecular complexity index is 1310. The molecule has 4 aromatic rings. The number of aromatic nitrogens is 2. The average molecular weight is 398 g/mol. The van der Waals surface area contributed by atoms with E-state index < -0.39 is 5.97 Å². The minimum atomic E-state index is -0.652. The number of hydrogen-bond acceptors (Lipinski definition) is 5. The second-order valence-corrected chi connectivity index (χ2v) is 6.76. The molecule has 6 heteroatoms. The second kappa shape index (κ2) is 8.13. The largest absolute Gasteiger partial charge is 0.456 e. The van der Waals surface area contributed by atoms with Crippen molar-refractivity contribution < 1.29 is 14.3 Å². The van der Waals surface area contributed by atoms with E-state index in [1.165, 1.54) is 10.5 Å². The van der Waals surface area contributed by atoms with Gasteiger partial charge in [-0.15, -0.1) is 0 Å². The number of ether oxygens (including phenoxy) is 1. The molecule has 6 nitrogen and oxygen atoms in total. The number of pyridine rings is 1. The molecule has 0 saturated carbocycles. The van der Waals surface area contributed by atoms with Crippen LogP contribution in [0.2, 0.25) is 0 Å². The van der Waals surface area contributed by atoms with E-state index in [2.05, 4.69) is 4.98 Å². The Balaban J connectivity index is 1.58. The van der Waals surface area contributed by atoms with E-state index in [-0.39, 0.29) is 29.1 Å². The molecule has 0 aliphatic carbocycles. The summed E-state index contributed by atoms with van der Waals surface area (Å²) >= 11 is 0. The second-order valence-electron chi connectivity index (χ2n) is 6.76. The van der Waals surface area contributed by atoms with Gasteiger partial charge in [0, 0.05) is 22.9 Å². The van der Waals surface area contributed by atoms with E-state index in [9.17, 15) is 14.4 Å². The Kier molecular flexibility index (Phi) is 5.22. The molecule has 0 atom stereocenters. The smallest absolute Gasteiger partial charge is 0.339 e. The van der Waals surface area contributed by atoms with Crippen LogP contribution in [0.15, 0.2) is 83.7 Å². The van der Waals surface area contributed by atoms with Crippen molar-refractivity contribution in [1.29, 1.82) is 0 Å². The van der Waals surface area contributed by atoms with Gasteiger partial charge in [0.25, 0.3) is 5.56 Å². The van der Waals surface area contributed by atoms with Crippen LogP contribution in [-0.2, 0) is 11.3 Å². The molecule has 2 heterocycles. The first-order chi connectivity index (χ1) is 14.5. The molecule has 0 spiro atoms. The Morgan fingerprint density at radius 2 is 1.60 bits per heavy atom. The Morgan fingerprint density at radius 3 is 2.37 bits per heavy atom. The number of fused-ring (bicyclic) bond motifs is 1. The number of ketones is 1. The molecule has 0 unspecified atom stereocenters. The summed E-state index contributed by atoms with van der Waals surface area (Å²) in [6.45, 7) is 1.64. The number of aryl methyl sites for hydroxylation is 1. The predicted molar refractivity (Wildman–Crippen MR) is 112 cm³/mol. The van der Waals surface area contributed by atoms with Crippen molar-refractivity contribution in [2.45, 2.75) is 13.5 Å². The summed E-state index contributed by atoms with van der Waals surface area (Å²) in [4.78, 5) is 42.3. The molecule has 2 aromatic carbocycles. The lowest BCUT2D eigenvalue weighted by Gasteiger charge is -2.10. The summed E-state index contributed by atoms with van der Waals surface area (Å²) < 4.78 is 6.86. The van der Waals surface area contributed by atoms with Crippen molar-refractivity contribution in [1.82, 2.24) is 9.38 Å². The van der Waals surface area contributed by atoms with E-state index in [1.54, 1.807) is 60.7 Å². The summed E-state index contributed by atoms with van der Waals surface area (Å²) in [7, 11) is 0. The molecule has 4 rings (SSSR count). The van der Waals surface area contributed by atoms with Crippen LogP contribution in [0, 0.1) is 6.92 Å². The molecule has 0 saturated heterocycles. The van der Waals surface area contributed by atoms with Crippen molar-refractivity contribution in [3.05, 3.63) is 117 Å². The first kappa shape index (κ1) is 19.3. The lowest BCUT2D eigenvalue weighted by Crippen LogP contribution is -2.19. The van der Waals surface area contributed by atoms with Crippen LogP contribution in [0.25, 0.3) is 5.65 Å². The number of carbonyl (C=O) groups excluding carboxylic acids is 2. The van der Waals surface area contributed by atoms with Gasteiger partial charge in [0.2, 0.25) is 0 Å². The molecule has 0 aliphatic rings. The summed E-state index contributed by atoms with van der Waals surface area (Å²) in [6.07, 6.45) is 0. The van der Waals surface area contributed by atoms with Crippen LogP contribution in [-0.4, -0.2) is 21.1 Å². The van der Waals surface area contributed by atoms with E-state index in [0.717, 1.165) is 5.69 Å². The Labute approximate surface area is 172 Å². The third kappa shape index (κ3) is 3.75. The van der Waals surface area contributed by atoms with Gasteiger partial charge in [-0.3, -0.25) is 14.0 Å². The average Bonchev–Trinajstić information content (AvgIpc) is 2.77. The maximum Gasteiger partial charge on any atom is 0.339 e. The van der Waals surface area contributed by atoms with Crippen LogP contribution >= 0.6 is 0 Å². The van der Waals surface area contributed by atoms with Crippen molar-refractivity contribution in [3.8, 4) is 0 Å². The van der Waals surface area contributed by atoms with Gasteiger partial charge in [-0.05, 0) is 25.1 Å². The Morgan fingerprint density at radius 1 is 0.900 bits per heavy atom.